The summed E-state index contributed by atoms with van der Waals surface area (Å²) in [5.41, 5.74) is 3.34. The van der Waals surface area contributed by atoms with Crippen LogP contribution in [-0.4, -0.2) is 25.6 Å². The van der Waals surface area contributed by atoms with Crippen LogP contribution in [0, 0.1) is 6.92 Å². The molecular formula is C15H24ClN5. The summed E-state index contributed by atoms with van der Waals surface area (Å²) in [6.07, 6.45) is 3.93. The van der Waals surface area contributed by atoms with E-state index in [4.69, 9.17) is 11.6 Å². The van der Waals surface area contributed by atoms with E-state index in [0.29, 0.717) is 17.1 Å². The topological polar surface area (TPSA) is 47.7 Å². The molecule has 2 rings (SSSR count). The Morgan fingerprint density at radius 2 is 2.05 bits per heavy atom. The van der Waals surface area contributed by atoms with Gasteiger partial charge in [-0.05, 0) is 25.3 Å². The van der Waals surface area contributed by atoms with Gasteiger partial charge in [0.15, 0.2) is 0 Å². The molecule has 0 aliphatic rings. The lowest BCUT2D eigenvalue weighted by molar-refractivity contribution is 0.449. The second kappa shape index (κ2) is 6.62. The van der Waals surface area contributed by atoms with Crippen molar-refractivity contribution in [1.29, 1.82) is 0 Å². The van der Waals surface area contributed by atoms with E-state index in [1.54, 1.807) is 4.68 Å². The molecule has 0 amide bonds. The van der Waals surface area contributed by atoms with Crippen LogP contribution in [0.1, 0.15) is 43.5 Å². The van der Waals surface area contributed by atoms with Gasteiger partial charge < -0.3 is 5.32 Å². The molecule has 0 spiro atoms. The van der Waals surface area contributed by atoms with Gasteiger partial charge in [0.1, 0.15) is 5.15 Å². The predicted octanol–water partition coefficient (Wildman–Crippen LogP) is 2.88. The Labute approximate surface area is 131 Å². The van der Waals surface area contributed by atoms with E-state index in [2.05, 4.69) is 42.5 Å². The SMILES string of the molecule is Cc1cnn(C[C@H](C)NCc2c(C(C)C)nn(C)c2Cl)c1. The van der Waals surface area contributed by atoms with Crippen molar-refractivity contribution in [3.8, 4) is 0 Å². The normalized spacial score (nSPS) is 13.1. The van der Waals surface area contributed by atoms with E-state index in [-0.39, 0.29) is 0 Å². The van der Waals surface area contributed by atoms with Crippen LogP contribution in [-0.2, 0) is 20.1 Å². The molecule has 0 saturated heterocycles. The Kier molecular flexibility index (Phi) is 5.06. The van der Waals surface area contributed by atoms with Crippen molar-refractivity contribution in [2.45, 2.75) is 52.7 Å². The Bertz CT molecular complexity index is 599. The van der Waals surface area contributed by atoms with Crippen LogP contribution in [0.25, 0.3) is 0 Å². The summed E-state index contributed by atoms with van der Waals surface area (Å²) >= 11 is 6.35. The number of hydrogen-bond donors (Lipinski definition) is 1. The number of halogens is 1. The Balaban J connectivity index is 1.99. The van der Waals surface area contributed by atoms with Gasteiger partial charge in [-0.2, -0.15) is 10.2 Å². The van der Waals surface area contributed by atoms with Gasteiger partial charge in [-0.1, -0.05) is 25.4 Å². The molecule has 0 bridgehead atoms. The van der Waals surface area contributed by atoms with E-state index < -0.39 is 0 Å². The summed E-state index contributed by atoms with van der Waals surface area (Å²) in [7, 11) is 1.88. The molecule has 21 heavy (non-hydrogen) atoms. The number of nitrogens with one attached hydrogen (secondary N) is 1. The summed E-state index contributed by atoms with van der Waals surface area (Å²) in [5.74, 6) is 0.365. The number of nitrogens with zero attached hydrogens (tertiary/aromatic N) is 4. The first-order valence-electron chi connectivity index (χ1n) is 7.32. The van der Waals surface area contributed by atoms with Crippen LogP contribution in [0.15, 0.2) is 12.4 Å². The molecule has 5 nitrogen and oxygen atoms in total. The van der Waals surface area contributed by atoms with Crippen LogP contribution in [0.3, 0.4) is 0 Å². The van der Waals surface area contributed by atoms with Crippen molar-refractivity contribution < 1.29 is 0 Å². The summed E-state index contributed by atoms with van der Waals surface area (Å²) in [6.45, 7) is 10.0. The van der Waals surface area contributed by atoms with Crippen molar-refractivity contribution in [1.82, 2.24) is 24.9 Å². The van der Waals surface area contributed by atoms with Crippen molar-refractivity contribution in [2.24, 2.45) is 7.05 Å². The molecule has 1 atom stereocenters. The lowest BCUT2D eigenvalue weighted by atomic mass is 10.1. The van der Waals surface area contributed by atoms with Gasteiger partial charge in [0.05, 0.1) is 18.4 Å². The van der Waals surface area contributed by atoms with E-state index in [0.717, 1.165) is 24.3 Å². The molecule has 0 aliphatic carbocycles. The quantitative estimate of drug-likeness (QED) is 0.892. The molecule has 0 saturated carbocycles. The molecule has 2 aromatic heterocycles. The van der Waals surface area contributed by atoms with Crippen LogP contribution < -0.4 is 5.32 Å². The Morgan fingerprint density at radius 3 is 2.62 bits per heavy atom. The minimum Gasteiger partial charge on any atom is -0.308 e. The molecule has 1 N–H and O–H groups in total. The molecule has 6 heteroatoms. The Morgan fingerprint density at radius 1 is 1.33 bits per heavy atom. The van der Waals surface area contributed by atoms with Gasteiger partial charge in [0.25, 0.3) is 0 Å². The Hall–Kier alpha value is -1.33. The minimum absolute atomic E-state index is 0.306. The third-order valence-corrected chi connectivity index (χ3v) is 3.97. The molecule has 0 fully saturated rings. The van der Waals surface area contributed by atoms with E-state index in [9.17, 15) is 0 Å². The molecule has 2 heterocycles. The zero-order valence-electron chi connectivity index (χ0n) is 13.4. The number of aryl methyl sites for hydroxylation is 2. The maximum absolute atomic E-state index is 6.35. The fourth-order valence-electron chi connectivity index (χ4n) is 2.38. The summed E-state index contributed by atoms with van der Waals surface area (Å²) in [5, 5.41) is 13.0. The van der Waals surface area contributed by atoms with Crippen LogP contribution >= 0.6 is 11.6 Å². The third-order valence-electron chi connectivity index (χ3n) is 3.50. The van der Waals surface area contributed by atoms with Gasteiger partial charge in [-0.15, -0.1) is 0 Å². The standard InChI is InChI=1S/C15H24ClN5/c1-10(2)14-13(15(16)20(5)19-14)7-17-12(4)9-21-8-11(3)6-18-21/h6,8,10,12,17H,7,9H2,1-5H3/t12-/m0/s1. The molecule has 0 aromatic carbocycles. The monoisotopic (exact) mass is 309 g/mol. The molecule has 116 valence electrons. The second-order valence-corrected chi connectivity index (χ2v) is 6.31. The molecule has 0 aliphatic heterocycles. The van der Waals surface area contributed by atoms with E-state index >= 15 is 0 Å². The highest BCUT2D eigenvalue weighted by Gasteiger charge is 2.17. The van der Waals surface area contributed by atoms with E-state index in [1.165, 1.54) is 5.56 Å². The first-order valence-corrected chi connectivity index (χ1v) is 7.70. The van der Waals surface area contributed by atoms with Gasteiger partial charge in [0.2, 0.25) is 0 Å². The van der Waals surface area contributed by atoms with Gasteiger partial charge in [-0.25, -0.2) is 0 Å². The third kappa shape index (κ3) is 3.86. The van der Waals surface area contributed by atoms with Crippen molar-refractivity contribution in [3.63, 3.8) is 0 Å². The number of hydrogen-bond acceptors (Lipinski definition) is 3. The van der Waals surface area contributed by atoms with Crippen LogP contribution in [0.4, 0.5) is 0 Å². The summed E-state index contributed by atoms with van der Waals surface area (Å²) < 4.78 is 3.70. The average Bonchev–Trinajstić information content (AvgIpc) is 2.93. The fourth-order valence-corrected chi connectivity index (χ4v) is 2.58. The first kappa shape index (κ1) is 16.0. The maximum atomic E-state index is 6.35. The average molecular weight is 310 g/mol. The maximum Gasteiger partial charge on any atom is 0.131 e. The predicted molar refractivity (Wildman–Crippen MR) is 85.6 cm³/mol. The second-order valence-electron chi connectivity index (χ2n) is 5.95. The lowest BCUT2D eigenvalue weighted by Gasteiger charge is -2.14. The number of rotatable bonds is 6. The molecule has 2 aromatic rings. The van der Waals surface area contributed by atoms with Gasteiger partial charge in [-0.3, -0.25) is 9.36 Å². The smallest absolute Gasteiger partial charge is 0.131 e. The summed E-state index contributed by atoms with van der Waals surface area (Å²) in [6, 6.07) is 0.306. The van der Waals surface area contributed by atoms with Gasteiger partial charge >= 0.3 is 0 Å². The fraction of sp³-hybridized carbons (Fsp3) is 0.600. The zero-order valence-corrected chi connectivity index (χ0v) is 14.1. The van der Waals surface area contributed by atoms with E-state index in [1.807, 2.05) is 24.9 Å². The van der Waals surface area contributed by atoms with Crippen molar-refractivity contribution in [3.05, 3.63) is 34.4 Å². The highest BCUT2D eigenvalue weighted by atomic mass is 35.5. The van der Waals surface area contributed by atoms with Crippen LogP contribution in [0.2, 0.25) is 5.15 Å². The van der Waals surface area contributed by atoms with Crippen molar-refractivity contribution in [2.75, 3.05) is 0 Å². The lowest BCUT2D eigenvalue weighted by Crippen LogP contribution is -2.30. The molecule has 0 radical (unpaired) electrons. The van der Waals surface area contributed by atoms with Gasteiger partial charge in [0, 0.05) is 31.4 Å². The minimum atomic E-state index is 0.306. The first-order chi connectivity index (χ1) is 9.88. The number of aromatic nitrogens is 4. The van der Waals surface area contributed by atoms with Crippen LogP contribution in [0.5, 0.6) is 0 Å². The van der Waals surface area contributed by atoms with Crippen molar-refractivity contribution >= 4 is 11.6 Å². The highest BCUT2D eigenvalue weighted by Crippen LogP contribution is 2.25. The molecule has 0 unspecified atom stereocenters. The molecular weight excluding hydrogens is 286 g/mol. The largest absolute Gasteiger partial charge is 0.308 e. The zero-order chi connectivity index (χ0) is 15.6. The highest BCUT2D eigenvalue weighted by molar-refractivity contribution is 6.30. The summed E-state index contributed by atoms with van der Waals surface area (Å²) in [4.78, 5) is 0.